The molecule has 1 unspecified atom stereocenters. The Labute approximate surface area is 145 Å². The first-order valence-corrected chi connectivity index (χ1v) is 8.20. The van der Waals surface area contributed by atoms with Crippen LogP contribution in [0.3, 0.4) is 0 Å². The highest BCUT2D eigenvalue weighted by molar-refractivity contribution is 6.30. The van der Waals surface area contributed by atoms with Gasteiger partial charge in [-0.15, -0.1) is 0 Å². The van der Waals surface area contributed by atoms with Gasteiger partial charge in [0.05, 0.1) is 11.3 Å². The normalized spacial score (nSPS) is 16.2. The summed E-state index contributed by atoms with van der Waals surface area (Å²) in [5.74, 6) is -1.57. The third-order valence-electron chi connectivity index (χ3n) is 4.60. The first kappa shape index (κ1) is 16.5. The molecule has 4 nitrogen and oxygen atoms in total. The molecular weight excluding hydrogens is 326 g/mol. The van der Waals surface area contributed by atoms with Gasteiger partial charge in [-0.1, -0.05) is 35.9 Å². The van der Waals surface area contributed by atoms with E-state index >= 15 is 0 Å². The summed E-state index contributed by atoms with van der Waals surface area (Å²) in [4.78, 5) is 23.9. The summed E-state index contributed by atoms with van der Waals surface area (Å²) >= 11 is 5.92. The zero-order valence-electron chi connectivity index (χ0n) is 13.3. The van der Waals surface area contributed by atoms with Crippen LogP contribution in [0.2, 0.25) is 5.02 Å². The Balaban J connectivity index is 1.79. The van der Waals surface area contributed by atoms with Crippen LogP contribution >= 0.6 is 11.6 Å². The number of benzene rings is 2. The van der Waals surface area contributed by atoms with Crippen LogP contribution in [0, 0.1) is 0 Å². The smallest absolute Gasteiger partial charge is 0.310 e. The summed E-state index contributed by atoms with van der Waals surface area (Å²) in [6, 6.07) is 14.4. The number of anilines is 1. The molecular formula is C19H18ClNO3. The molecule has 0 radical (unpaired) electrons. The molecule has 1 fully saturated rings. The Morgan fingerprint density at radius 1 is 1.17 bits per heavy atom. The minimum Gasteiger partial charge on any atom is -0.481 e. The predicted octanol–water partition coefficient (Wildman–Crippen LogP) is 4.20. The van der Waals surface area contributed by atoms with Gasteiger partial charge in [-0.05, 0) is 55.2 Å². The summed E-state index contributed by atoms with van der Waals surface area (Å²) < 4.78 is 0. The van der Waals surface area contributed by atoms with Crippen LogP contribution in [0.4, 0.5) is 5.69 Å². The summed E-state index contributed by atoms with van der Waals surface area (Å²) in [6.07, 6.45) is 1.59. The number of carbonyl (C=O) groups excluding carboxylic acids is 1. The second-order valence-electron chi connectivity index (χ2n) is 6.23. The average Bonchev–Trinajstić information content (AvgIpc) is 3.37. The van der Waals surface area contributed by atoms with Crippen molar-refractivity contribution in [1.29, 1.82) is 0 Å². The molecule has 1 aliphatic carbocycles. The maximum absolute atomic E-state index is 12.7. The summed E-state index contributed by atoms with van der Waals surface area (Å²) in [5.41, 5.74) is 1.74. The van der Waals surface area contributed by atoms with Crippen LogP contribution in [0.15, 0.2) is 48.5 Å². The Morgan fingerprint density at radius 3 is 2.42 bits per heavy atom. The fraction of sp³-hybridized carbons (Fsp3) is 0.263. The molecule has 0 heterocycles. The summed E-state index contributed by atoms with van der Waals surface area (Å²) in [5, 5.41) is 12.7. The molecule has 0 aromatic heterocycles. The summed E-state index contributed by atoms with van der Waals surface area (Å²) in [6.45, 7) is 1.62. The van der Waals surface area contributed by atoms with Crippen LogP contribution in [-0.4, -0.2) is 17.0 Å². The lowest BCUT2D eigenvalue weighted by molar-refractivity contribution is -0.138. The Kier molecular flexibility index (Phi) is 4.33. The van der Waals surface area contributed by atoms with E-state index in [2.05, 4.69) is 5.32 Å². The van der Waals surface area contributed by atoms with Crippen molar-refractivity contribution >= 4 is 29.2 Å². The van der Waals surface area contributed by atoms with Crippen molar-refractivity contribution in [3.63, 3.8) is 0 Å². The summed E-state index contributed by atoms with van der Waals surface area (Å²) in [7, 11) is 0. The monoisotopic (exact) mass is 343 g/mol. The van der Waals surface area contributed by atoms with Crippen molar-refractivity contribution in [2.24, 2.45) is 0 Å². The zero-order valence-corrected chi connectivity index (χ0v) is 14.0. The van der Waals surface area contributed by atoms with Crippen LogP contribution in [0.1, 0.15) is 36.8 Å². The third kappa shape index (κ3) is 3.15. The Bertz CT molecular complexity index is 781. The number of halogens is 1. The Morgan fingerprint density at radius 2 is 1.83 bits per heavy atom. The van der Waals surface area contributed by atoms with Gasteiger partial charge in [0, 0.05) is 10.7 Å². The molecule has 1 saturated carbocycles. The van der Waals surface area contributed by atoms with Crippen LogP contribution in [0.25, 0.3) is 0 Å². The fourth-order valence-corrected chi connectivity index (χ4v) is 2.95. The quantitative estimate of drug-likeness (QED) is 0.855. The van der Waals surface area contributed by atoms with Gasteiger partial charge in [-0.3, -0.25) is 9.59 Å². The first-order chi connectivity index (χ1) is 11.4. The number of hydrogen-bond acceptors (Lipinski definition) is 2. The van der Waals surface area contributed by atoms with Gasteiger partial charge in [0.2, 0.25) is 5.91 Å². The molecule has 1 amide bonds. The van der Waals surface area contributed by atoms with Gasteiger partial charge in [0.1, 0.15) is 0 Å². The van der Waals surface area contributed by atoms with Gasteiger partial charge >= 0.3 is 5.97 Å². The number of nitrogens with one attached hydrogen (secondary N) is 1. The second-order valence-corrected chi connectivity index (χ2v) is 6.66. The van der Waals surface area contributed by atoms with Crippen LogP contribution < -0.4 is 5.32 Å². The van der Waals surface area contributed by atoms with Crippen molar-refractivity contribution < 1.29 is 14.7 Å². The molecule has 0 bridgehead atoms. The topological polar surface area (TPSA) is 66.4 Å². The fourth-order valence-electron chi connectivity index (χ4n) is 2.82. The zero-order chi connectivity index (χ0) is 17.3. The van der Waals surface area contributed by atoms with Crippen molar-refractivity contribution in [3.05, 3.63) is 64.7 Å². The maximum Gasteiger partial charge on any atom is 0.310 e. The number of rotatable bonds is 5. The van der Waals surface area contributed by atoms with E-state index < -0.39 is 17.3 Å². The highest BCUT2D eigenvalue weighted by Gasteiger charge is 2.51. The highest BCUT2D eigenvalue weighted by atomic mass is 35.5. The van der Waals surface area contributed by atoms with Gasteiger partial charge in [-0.25, -0.2) is 0 Å². The number of carbonyl (C=O) groups is 2. The van der Waals surface area contributed by atoms with E-state index in [4.69, 9.17) is 16.7 Å². The molecule has 124 valence electrons. The molecule has 5 heteroatoms. The molecule has 3 rings (SSSR count). The average molecular weight is 344 g/mol. The van der Waals surface area contributed by atoms with E-state index in [1.54, 1.807) is 43.3 Å². The van der Waals surface area contributed by atoms with Crippen LogP contribution in [-0.2, 0) is 15.0 Å². The number of aliphatic carboxylic acids is 1. The number of carboxylic acid groups (broad SMARTS) is 1. The molecule has 0 aliphatic heterocycles. The van der Waals surface area contributed by atoms with Crippen molar-refractivity contribution in [1.82, 2.24) is 0 Å². The van der Waals surface area contributed by atoms with Gasteiger partial charge < -0.3 is 10.4 Å². The van der Waals surface area contributed by atoms with E-state index in [1.807, 2.05) is 12.1 Å². The lowest BCUT2D eigenvalue weighted by Gasteiger charge is -2.17. The van der Waals surface area contributed by atoms with E-state index in [-0.39, 0.29) is 5.91 Å². The lowest BCUT2D eigenvalue weighted by Crippen LogP contribution is -2.27. The van der Waals surface area contributed by atoms with Gasteiger partial charge in [0.25, 0.3) is 0 Å². The SMILES string of the molecule is CC(C(=O)O)c1cccc(NC(=O)C2(c3ccc(Cl)cc3)CC2)c1. The molecule has 1 aliphatic rings. The molecule has 2 aromatic rings. The van der Waals surface area contributed by atoms with Crippen molar-refractivity contribution in [3.8, 4) is 0 Å². The number of amides is 1. The molecule has 1 atom stereocenters. The van der Waals surface area contributed by atoms with Crippen molar-refractivity contribution in [2.75, 3.05) is 5.32 Å². The van der Waals surface area contributed by atoms with Crippen molar-refractivity contribution in [2.45, 2.75) is 31.1 Å². The van der Waals surface area contributed by atoms with E-state index in [1.165, 1.54) is 0 Å². The Hall–Kier alpha value is -2.33. The van der Waals surface area contributed by atoms with Gasteiger partial charge in [-0.2, -0.15) is 0 Å². The first-order valence-electron chi connectivity index (χ1n) is 7.83. The molecule has 0 spiro atoms. The highest BCUT2D eigenvalue weighted by Crippen LogP contribution is 2.49. The predicted molar refractivity (Wildman–Crippen MR) is 93.5 cm³/mol. The maximum atomic E-state index is 12.7. The number of carboxylic acids is 1. The standard InChI is InChI=1S/C19H18ClNO3/c1-12(17(22)23)13-3-2-4-16(11-13)21-18(24)19(9-10-19)14-5-7-15(20)8-6-14/h2-8,11-12H,9-10H2,1H3,(H,21,24)(H,22,23). The second kappa shape index (κ2) is 6.29. The molecule has 0 saturated heterocycles. The minimum absolute atomic E-state index is 0.0649. The largest absolute Gasteiger partial charge is 0.481 e. The third-order valence-corrected chi connectivity index (χ3v) is 4.85. The van der Waals surface area contributed by atoms with Crippen LogP contribution in [0.5, 0.6) is 0 Å². The molecule has 2 aromatic carbocycles. The molecule has 2 N–H and O–H groups in total. The van der Waals surface area contributed by atoms with Gasteiger partial charge in [0.15, 0.2) is 0 Å². The number of hydrogen-bond donors (Lipinski definition) is 2. The van der Waals surface area contributed by atoms with E-state index in [0.29, 0.717) is 16.3 Å². The minimum atomic E-state index is -0.890. The lowest BCUT2D eigenvalue weighted by atomic mass is 9.94. The van der Waals surface area contributed by atoms with E-state index in [9.17, 15) is 9.59 Å². The van der Waals surface area contributed by atoms with E-state index in [0.717, 1.165) is 18.4 Å². The molecule has 24 heavy (non-hydrogen) atoms.